The Balaban J connectivity index is 0.743. The highest BCUT2D eigenvalue weighted by atomic mass is 32.2. The third-order valence-electron chi connectivity index (χ3n) is 25.6. The molecule has 0 amide bonds. The summed E-state index contributed by atoms with van der Waals surface area (Å²) < 4.78 is 61.2. The molecule has 0 fully saturated rings. The summed E-state index contributed by atoms with van der Waals surface area (Å²) in [4.78, 5) is 1.53. The van der Waals surface area contributed by atoms with Gasteiger partial charge in [0.25, 0.3) is 0 Å². The largest absolute Gasteiger partial charge is 0.218 e. The molecule has 0 spiro atoms. The molecule has 105 heavy (non-hydrogen) atoms. The van der Waals surface area contributed by atoms with Crippen molar-refractivity contribution in [1.29, 1.82) is 0 Å². The molecular weight excluding hydrogens is 1320 g/mol. The fraction of sp³-hybridized carbons (Fsp3) is 0.394. The van der Waals surface area contributed by atoms with Gasteiger partial charge in [0.1, 0.15) is 0 Å². The minimum Gasteiger partial charge on any atom is -0.218 e. The fourth-order valence-corrected chi connectivity index (χ4v) is 23.5. The van der Waals surface area contributed by atoms with Crippen molar-refractivity contribution in [2.75, 3.05) is 0 Å². The Bertz CT molecular complexity index is 4780. The van der Waals surface area contributed by atoms with Gasteiger partial charge in [0, 0.05) is 38.5 Å². The third kappa shape index (κ3) is 13.0. The van der Waals surface area contributed by atoms with Gasteiger partial charge in [-0.3, -0.25) is 0 Å². The Hall–Kier alpha value is -7.90. The van der Waals surface area contributed by atoms with Crippen LogP contribution in [0.3, 0.4) is 0 Å². The lowest BCUT2D eigenvalue weighted by Crippen LogP contribution is -2.25. The van der Waals surface area contributed by atoms with E-state index in [0.29, 0.717) is 19.6 Å². The zero-order valence-electron chi connectivity index (χ0n) is 63.6. The molecule has 0 aromatic heterocycles. The summed E-state index contributed by atoms with van der Waals surface area (Å²) in [7, 11) is -7.77. The van der Waals surface area contributed by atoms with Gasteiger partial charge in [0.2, 0.25) is 19.7 Å². The summed E-state index contributed by atoms with van der Waals surface area (Å²) in [5.41, 5.74) is 26.7. The van der Waals surface area contributed by atoms with Crippen LogP contribution in [0.5, 0.6) is 0 Å². The van der Waals surface area contributed by atoms with E-state index < -0.39 is 19.7 Å². The van der Waals surface area contributed by atoms with Crippen LogP contribution >= 0.6 is 0 Å². The SMILES string of the molecule is CCCCCCC1(CCCCCC)c2ccccc2-c2ccc(-c3ccc4c(c3)S(=O)(=O)c3cc(-c5ccc6c(c5)C(CCCCCC)(CCCCCC)c5cc(-c7ccc8c(c7)S(=O)(=O)c7cc(-c9ccc%10c(c9)C(CCCCCC)(CCCCCC)c9ccccc9-%10)ccc7-8)ccc5-6)ccc3-4)cc21. The maximum absolute atomic E-state index is 15.3. The van der Waals surface area contributed by atoms with E-state index in [9.17, 15) is 0 Å². The lowest BCUT2D eigenvalue weighted by Gasteiger charge is -2.33. The second-order valence-electron chi connectivity index (χ2n) is 32.1. The van der Waals surface area contributed by atoms with Crippen LogP contribution in [-0.4, -0.2) is 16.8 Å². The average molecular weight is 1430 g/mol. The highest BCUT2D eigenvalue weighted by Crippen LogP contribution is 2.60. The van der Waals surface area contributed by atoms with Crippen molar-refractivity contribution in [1.82, 2.24) is 0 Å². The van der Waals surface area contributed by atoms with Crippen LogP contribution in [0.25, 0.3) is 100 Å². The molecule has 6 heteroatoms. The van der Waals surface area contributed by atoms with E-state index in [1.165, 1.54) is 182 Å². The second kappa shape index (κ2) is 30.8. The summed E-state index contributed by atoms with van der Waals surface area (Å²) in [6.45, 7) is 13.7. The molecule has 0 bridgehead atoms. The maximum atomic E-state index is 15.3. The quantitative estimate of drug-likeness (QED) is 0.0377. The van der Waals surface area contributed by atoms with E-state index in [1.807, 2.05) is 24.3 Å². The van der Waals surface area contributed by atoms with E-state index in [2.05, 4.69) is 211 Å². The number of rotatable bonds is 34. The fourth-order valence-electron chi connectivity index (χ4n) is 20.1. The first-order valence-electron chi connectivity index (χ1n) is 41.2. The van der Waals surface area contributed by atoms with Crippen molar-refractivity contribution in [2.24, 2.45) is 0 Å². The molecular formula is C99H110O4S2. The molecule has 10 aromatic carbocycles. The first kappa shape index (κ1) is 72.7. The van der Waals surface area contributed by atoms with Crippen molar-refractivity contribution in [3.05, 3.63) is 228 Å². The van der Waals surface area contributed by atoms with E-state index >= 15 is 16.8 Å². The lowest BCUT2D eigenvalue weighted by molar-refractivity contribution is 0.401. The van der Waals surface area contributed by atoms with Crippen molar-refractivity contribution in [2.45, 2.75) is 270 Å². The van der Waals surface area contributed by atoms with Crippen molar-refractivity contribution in [3.63, 3.8) is 0 Å². The molecule has 0 saturated heterocycles. The van der Waals surface area contributed by atoms with E-state index in [4.69, 9.17) is 0 Å². The zero-order chi connectivity index (χ0) is 72.5. The summed E-state index contributed by atoms with van der Waals surface area (Å²) in [5.74, 6) is 0. The molecule has 5 aliphatic rings. The Morgan fingerprint density at radius 2 is 0.390 bits per heavy atom. The molecule has 0 N–H and O–H groups in total. The van der Waals surface area contributed by atoms with Crippen LogP contribution in [0.15, 0.2) is 214 Å². The van der Waals surface area contributed by atoms with Crippen LogP contribution in [0.2, 0.25) is 0 Å². The van der Waals surface area contributed by atoms with Gasteiger partial charge in [-0.25, -0.2) is 16.8 Å². The van der Waals surface area contributed by atoms with Crippen LogP contribution in [0.4, 0.5) is 0 Å². The molecule has 10 aromatic rings. The third-order valence-corrected chi connectivity index (χ3v) is 29.3. The first-order chi connectivity index (χ1) is 51.3. The van der Waals surface area contributed by atoms with Gasteiger partial charge < -0.3 is 0 Å². The molecule has 2 heterocycles. The zero-order valence-corrected chi connectivity index (χ0v) is 65.3. The van der Waals surface area contributed by atoms with Gasteiger partial charge in [0.15, 0.2) is 0 Å². The number of fused-ring (bicyclic) bond motifs is 15. The summed E-state index contributed by atoms with van der Waals surface area (Å²) in [5, 5.41) is 0. The van der Waals surface area contributed by atoms with Gasteiger partial charge in [-0.2, -0.15) is 0 Å². The van der Waals surface area contributed by atoms with Crippen molar-refractivity contribution >= 4 is 19.7 Å². The second-order valence-corrected chi connectivity index (χ2v) is 35.9. The molecule has 542 valence electrons. The number of hydrogen-bond acceptors (Lipinski definition) is 4. The predicted octanol–water partition coefficient (Wildman–Crippen LogP) is 28.6. The minimum atomic E-state index is -3.88. The van der Waals surface area contributed by atoms with Gasteiger partial charge >= 0.3 is 0 Å². The van der Waals surface area contributed by atoms with E-state index in [0.717, 1.165) is 144 Å². The van der Waals surface area contributed by atoms with E-state index in [-0.39, 0.29) is 16.2 Å². The van der Waals surface area contributed by atoms with Gasteiger partial charge in [0.05, 0.1) is 19.6 Å². The van der Waals surface area contributed by atoms with Gasteiger partial charge in [-0.15, -0.1) is 0 Å². The smallest absolute Gasteiger partial charge is 0.207 e. The standard InChI is InChI=1S/C99H110O4S2/c1-7-13-19-29-55-97(56-30-20-14-8-2)87-37-27-25-35-77(87)79-47-39-69(61-89(79)97)73-43-51-83-85-53-45-75(67-95(85)104(100,101)93(83)65-73)71-41-49-81-82-50-42-72(64-92(82)99(91(81)63-71,59-33-23-17-11-5)60-34-24-18-12-6)76-46-54-86-84-52-44-74(66-94(84)105(102,103)96(86)68-76)70-40-48-80-78-36-26-28-38-88(78)98(90(80)62-70,57-31-21-15-9-3)58-32-22-16-10-4/h25-28,35-54,61-68H,7-24,29-34,55-60H2,1-6H3. The van der Waals surface area contributed by atoms with Crippen LogP contribution < -0.4 is 0 Å². The summed E-state index contributed by atoms with van der Waals surface area (Å²) in [6, 6.07) is 70.7. The van der Waals surface area contributed by atoms with Gasteiger partial charge in [-0.1, -0.05) is 341 Å². The number of sulfone groups is 2. The molecule has 15 rings (SSSR count). The van der Waals surface area contributed by atoms with E-state index in [1.54, 1.807) is 0 Å². The topological polar surface area (TPSA) is 68.3 Å². The first-order valence-corrected chi connectivity index (χ1v) is 44.1. The molecule has 0 unspecified atom stereocenters. The monoisotopic (exact) mass is 1430 g/mol. The molecule has 0 radical (unpaired) electrons. The Labute approximate surface area is 629 Å². The van der Waals surface area contributed by atoms with Gasteiger partial charge in [-0.05, 0) is 198 Å². The predicted molar refractivity (Wildman–Crippen MR) is 441 cm³/mol. The summed E-state index contributed by atoms with van der Waals surface area (Å²) >= 11 is 0. The maximum Gasteiger partial charge on any atom is 0.207 e. The summed E-state index contributed by atoms with van der Waals surface area (Å²) in [6.07, 6.45) is 35.1. The van der Waals surface area contributed by atoms with Crippen LogP contribution in [0.1, 0.15) is 268 Å². The molecule has 0 saturated carbocycles. The van der Waals surface area contributed by atoms with Crippen LogP contribution in [-0.2, 0) is 35.9 Å². The molecule has 3 aliphatic carbocycles. The lowest BCUT2D eigenvalue weighted by atomic mass is 9.70. The number of benzene rings is 10. The minimum absolute atomic E-state index is 0.0716. The highest BCUT2D eigenvalue weighted by Gasteiger charge is 2.47. The highest BCUT2D eigenvalue weighted by molar-refractivity contribution is 7.92. The molecule has 2 aliphatic heterocycles. The molecule has 0 atom stereocenters. The Morgan fingerprint density at radius 1 is 0.200 bits per heavy atom. The average Bonchev–Trinajstić information content (AvgIpc) is 1.58. The van der Waals surface area contributed by atoms with Crippen molar-refractivity contribution < 1.29 is 16.8 Å². The number of unbranched alkanes of at least 4 members (excludes halogenated alkanes) is 18. The van der Waals surface area contributed by atoms with Crippen LogP contribution in [0, 0.1) is 0 Å². The Kier molecular flexibility index (Phi) is 21.3. The normalized spacial score (nSPS) is 15.5. The Morgan fingerprint density at radius 3 is 0.619 bits per heavy atom. The molecule has 4 nitrogen and oxygen atoms in total. The van der Waals surface area contributed by atoms with Crippen molar-refractivity contribution in [3.8, 4) is 100 Å². The number of hydrogen-bond donors (Lipinski definition) is 0.